The maximum atomic E-state index is 13.0. The van der Waals surface area contributed by atoms with Gasteiger partial charge in [0.15, 0.2) is 0 Å². The molecule has 2 aromatic rings. The van der Waals surface area contributed by atoms with E-state index in [2.05, 4.69) is 22.8 Å². The smallest absolute Gasteiger partial charge is 0.407 e. The van der Waals surface area contributed by atoms with Crippen LogP contribution in [0.2, 0.25) is 0 Å². The average Bonchev–Trinajstić information content (AvgIpc) is 3.64. The van der Waals surface area contributed by atoms with Crippen LogP contribution in [0.25, 0.3) is 11.1 Å². The first-order valence-corrected chi connectivity index (χ1v) is 15.5. The summed E-state index contributed by atoms with van der Waals surface area (Å²) in [5, 5.41) is 15.1. The van der Waals surface area contributed by atoms with E-state index in [0.717, 1.165) is 35.1 Å². The fourth-order valence-electron chi connectivity index (χ4n) is 6.35. The second-order valence-corrected chi connectivity index (χ2v) is 11.8. The van der Waals surface area contributed by atoms with Crippen LogP contribution in [0.15, 0.2) is 60.7 Å². The van der Waals surface area contributed by atoms with Gasteiger partial charge in [0.2, 0.25) is 11.8 Å². The maximum absolute atomic E-state index is 13.0. The number of esters is 1. The molecule has 1 aliphatic carbocycles. The van der Waals surface area contributed by atoms with Crippen molar-refractivity contribution in [2.75, 3.05) is 26.3 Å². The first-order valence-electron chi connectivity index (χ1n) is 15.5. The summed E-state index contributed by atoms with van der Waals surface area (Å²) in [6.45, 7) is 2.35. The van der Waals surface area contributed by atoms with E-state index in [-0.39, 0.29) is 56.4 Å². The van der Waals surface area contributed by atoms with Gasteiger partial charge in [-0.1, -0.05) is 60.7 Å². The number of ether oxygens (including phenoxy) is 2. The SMILES string of the molecule is CC1CNC(=O)C(CC(=O)N2CCCC2CO)CC=CCCC(NC(=O)OCC2c3ccccc3-c3ccccc32)C(=O)O1. The highest BCUT2D eigenvalue weighted by atomic mass is 16.6. The molecule has 0 radical (unpaired) electrons. The summed E-state index contributed by atoms with van der Waals surface area (Å²) in [6.07, 6.45) is 5.03. The molecule has 1 fully saturated rings. The summed E-state index contributed by atoms with van der Waals surface area (Å²) < 4.78 is 11.2. The van der Waals surface area contributed by atoms with Gasteiger partial charge in [-0.15, -0.1) is 0 Å². The van der Waals surface area contributed by atoms with Crippen molar-refractivity contribution in [1.82, 2.24) is 15.5 Å². The quantitative estimate of drug-likeness (QED) is 0.339. The van der Waals surface area contributed by atoms with E-state index in [0.29, 0.717) is 19.4 Å². The van der Waals surface area contributed by atoms with Gasteiger partial charge in [0.05, 0.1) is 25.1 Å². The molecule has 10 heteroatoms. The number of allylic oxidation sites excluding steroid dienone is 2. The van der Waals surface area contributed by atoms with Crippen LogP contribution in [-0.4, -0.2) is 78.4 Å². The number of cyclic esters (lactones) is 1. The van der Waals surface area contributed by atoms with Crippen molar-refractivity contribution >= 4 is 23.9 Å². The van der Waals surface area contributed by atoms with Gasteiger partial charge in [0.1, 0.15) is 18.8 Å². The van der Waals surface area contributed by atoms with Crippen LogP contribution in [0, 0.1) is 5.92 Å². The number of amides is 3. The molecular formula is C34H41N3O7. The third kappa shape index (κ3) is 7.30. The largest absolute Gasteiger partial charge is 0.459 e. The third-order valence-electron chi connectivity index (χ3n) is 8.71. The molecule has 2 aliphatic heterocycles. The standard InChI is InChI=1S/C34H41N3O7/c1-22-19-35-32(40)23(18-31(39)37-17-9-11-24(37)20-38)10-3-2-4-16-30(33(41)44-22)36-34(42)43-21-29-27-14-7-5-12-25(27)26-13-6-8-15-28(26)29/h2-3,5-8,12-15,22-24,29-30,38H,4,9-11,16-21H2,1H3,(H,35,40)(H,36,42). The second kappa shape index (κ2) is 14.5. The number of aliphatic hydroxyl groups excluding tert-OH is 1. The summed E-state index contributed by atoms with van der Waals surface area (Å²) in [4.78, 5) is 53.6. The Labute approximate surface area is 257 Å². The van der Waals surface area contributed by atoms with E-state index < -0.39 is 30.1 Å². The van der Waals surface area contributed by atoms with Crippen molar-refractivity contribution in [2.45, 2.75) is 69.6 Å². The lowest BCUT2D eigenvalue weighted by Gasteiger charge is -2.25. The first-order chi connectivity index (χ1) is 21.4. The minimum absolute atomic E-state index is 0.0345. The molecule has 3 N–H and O–H groups in total. The van der Waals surface area contributed by atoms with Crippen LogP contribution in [0.5, 0.6) is 0 Å². The second-order valence-electron chi connectivity index (χ2n) is 11.8. The molecule has 4 atom stereocenters. The lowest BCUT2D eigenvalue weighted by Crippen LogP contribution is -2.45. The highest BCUT2D eigenvalue weighted by Crippen LogP contribution is 2.44. The Morgan fingerprint density at radius 2 is 1.75 bits per heavy atom. The molecule has 234 valence electrons. The predicted octanol–water partition coefficient (Wildman–Crippen LogP) is 3.67. The lowest BCUT2D eigenvalue weighted by molar-refractivity contribution is -0.151. The van der Waals surface area contributed by atoms with Gasteiger partial charge < -0.3 is 30.1 Å². The number of aliphatic hydroxyl groups is 1. The molecule has 5 rings (SSSR count). The maximum Gasteiger partial charge on any atom is 0.407 e. The van der Waals surface area contributed by atoms with Crippen LogP contribution < -0.4 is 10.6 Å². The molecule has 0 bridgehead atoms. The molecule has 44 heavy (non-hydrogen) atoms. The monoisotopic (exact) mass is 603 g/mol. The highest BCUT2D eigenvalue weighted by Gasteiger charge is 2.33. The molecule has 0 spiro atoms. The van der Waals surface area contributed by atoms with Gasteiger partial charge in [0.25, 0.3) is 0 Å². The van der Waals surface area contributed by atoms with E-state index in [9.17, 15) is 24.3 Å². The van der Waals surface area contributed by atoms with E-state index in [1.165, 1.54) is 0 Å². The predicted molar refractivity (Wildman–Crippen MR) is 163 cm³/mol. The molecule has 0 saturated carbocycles. The van der Waals surface area contributed by atoms with Gasteiger partial charge in [-0.3, -0.25) is 9.59 Å². The van der Waals surface area contributed by atoms with E-state index in [1.54, 1.807) is 11.8 Å². The van der Waals surface area contributed by atoms with Gasteiger partial charge in [0, 0.05) is 18.9 Å². The van der Waals surface area contributed by atoms with E-state index >= 15 is 0 Å². The summed E-state index contributed by atoms with van der Waals surface area (Å²) in [5.74, 6) is -1.74. The molecule has 3 amide bonds. The Morgan fingerprint density at radius 1 is 1.05 bits per heavy atom. The van der Waals surface area contributed by atoms with E-state index in [1.807, 2.05) is 48.6 Å². The highest BCUT2D eigenvalue weighted by molar-refractivity contribution is 5.86. The zero-order valence-corrected chi connectivity index (χ0v) is 25.1. The number of hydrogen-bond acceptors (Lipinski definition) is 7. The van der Waals surface area contributed by atoms with Crippen molar-refractivity contribution in [2.24, 2.45) is 5.92 Å². The number of alkyl carbamates (subject to hydrolysis) is 1. The summed E-state index contributed by atoms with van der Waals surface area (Å²) in [6, 6.07) is 15.0. The minimum Gasteiger partial charge on any atom is -0.459 e. The summed E-state index contributed by atoms with van der Waals surface area (Å²) in [5.41, 5.74) is 4.44. The van der Waals surface area contributed by atoms with Gasteiger partial charge in [-0.25, -0.2) is 9.59 Å². The van der Waals surface area contributed by atoms with E-state index in [4.69, 9.17) is 9.47 Å². The Morgan fingerprint density at radius 3 is 2.45 bits per heavy atom. The first kappa shape index (κ1) is 31.3. The van der Waals surface area contributed by atoms with Crippen LogP contribution in [0.3, 0.4) is 0 Å². The molecule has 0 aromatic heterocycles. The minimum atomic E-state index is -0.933. The fourth-order valence-corrected chi connectivity index (χ4v) is 6.35. The number of rotatable bonds is 6. The Hall–Kier alpha value is -4.18. The van der Waals surface area contributed by atoms with Crippen molar-refractivity contribution in [3.8, 4) is 11.1 Å². The van der Waals surface area contributed by atoms with Crippen molar-refractivity contribution in [3.05, 3.63) is 71.8 Å². The van der Waals surface area contributed by atoms with Crippen LogP contribution in [0.1, 0.15) is 62.5 Å². The number of nitrogens with one attached hydrogen (secondary N) is 2. The lowest BCUT2D eigenvalue weighted by atomic mass is 9.98. The molecular weight excluding hydrogens is 562 g/mol. The third-order valence-corrected chi connectivity index (χ3v) is 8.71. The number of hydrogen-bond donors (Lipinski definition) is 3. The number of likely N-dealkylation sites (tertiary alicyclic amines) is 1. The number of benzene rings is 2. The van der Waals surface area contributed by atoms with Gasteiger partial charge in [-0.05, 0) is 61.3 Å². The Bertz CT molecular complexity index is 1350. The van der Waals surface area contributed by atoms with Gasteiger partial charge >= 0.3 is 12.1 Å². The molecule has 4 unspecified atom stereocenters. The van der Waals surface area contributed by atoms with Crippen molar-refractivity contribution < 1.29 is 33.8 Å². The van der Waals surface area contributed by atoms with Crippen molar-refractivity contribution in [3.63, 3.8) is 0 Å². The summed E-state index contributed by atoms with van der Waals surface area (Å²) >= 11 is 0. The number of carbonyl (C=O) groups is 4. The number of carbonyl (C=O) groups excluding carboxylic acids is 4. The summed E-state index contributed by atoms with van der Waals surface area (Å²) in [7, 11) is 0. The molecule has 2 heterocycles. The fraction of sp³-hybridized carbons (Fsp3) is 0.471. The van der Waals surface area contributed by atoms with Gasteiger partial charge in [-0.2, -0.15) is 0 Å². The topological polar surface area (TPSA) is 134 Å². The van der Waals surface area contributed by atoms with Crippen LogP contribution in [-0.2, 0) is 23.9 Å². The number of nitrogens with zero attached hydrogens (tertiary/aromatic N) is 1. The molecule has 3 aliphatic rings. The van der Waals surface area contributed by atoms with Crippen molar-refractivity contribution in [1.29, 1.82) is 0 Å². The van der Waals surface area contributed by atoms with Crippen LogP contribution in [0.4, 0.5) is 4.79 Å². The molecule has 10 nitrogen and oxygen atoms in total. The Kier molecular flexibility index (Phi) is 10.3. The zero-order chi connectivity index (χ0) is 31.1. The molecule has 1 saturated heterocycles. The Balaban J connectivity index is 1.19. The average molecular weight is 604 g/mol. The number of fused-ring (bicyclic) bond motifs is 3. The normalized spacial score (nSPS) is 24.2. The molecule has 2 aromatic carbocycles. The van der Waals surface area contributed by atoms with Crippen LogP contribution >= 0.6 is 0 Å². The zero-order valence-electron chi connectivity index (χ0n) is 25.1.